The van der Waals surface area contributed by atoms with Crippen LogP contribution in [0.2, 0.25) is 0 Å². The number of hydrogen-bond acceptors (Lipinski definition) is 2. The second-order valence-corrected chi connectivity index (χ2v) is 3.83. The minimum atomic E-state index is 0.994. The second-order valence-electron chi connectivity index (χ2n) is 3.83. The van der Waals surface area contributed by atoms with E-state index in [0.717, 1.165) is 5.56 Å². The first-order chi connectivity index (χ1) is 6.90. The van der Waals surface area contributed by atoms with Crippen LogP contribution in [-0.4, -0.2) is 11.4 Å². The minimum absolute atomic E-state index is 0.994. The van der Waals surface area contributed by atoms with Crippen molar-refractivity contribution in [3.8, 4) is 0 Å². The van der Waals surface area contributed by atoms with Crippen LogP contribution in [0.5, 0.6) is 0 Å². The van der Waals surface area contributed by atoms with Crippen LogP contribution < -0.4 is 0 Å². The van der Waals surface area contributed by atoms with Gasteiger partial charge < -0.3 is 5.21 Å². The summed E-state index contributed by atoms with van der Waals surface area (Å²) in [5.41, 5.74) is 3.89. The average molecular weight is 189 g/mol. The summed E-state index contributed by atoms with van der Waals surface area (Å²) in [6.07, 6.45) is 7.78. The van der Waals surface area contributed by atoms with Crippen molar-refractivity contribution in [2.75, 3.05) is 0 Å². The molecule has 0 heterocycles. The monoisotopic (exact) mass is 189 g/mol. The maximum absolute atomic E-state index is 8.45. The Balaban J connectivity index is 2.32. The Labute approximate surface area is 84.3 Å². The van der Waals surface area contributed by atoms with Crippen molar-refractivity contribution in [3.05, 3.63) is 34.9 Å². The van der Waals surface area contributed by atoms with Gasteiger partial charge in [0.05, 0.1) is 6.21 Å². The summed E-state index contributed by atoms with van der Waals surface area (Å²) < 4.78 is 0. The molecule has 1 aromatic carbocycles. The lowest BCUT2D eigenvalue weighted by Gasteiger charge is -2.05. The summed E-state index contributed by atoms with van der Waals surface area (Å²) in [4.78, 5) is 0. The molecule has 0 aliphatic heterocycles. The summed E-state index contributed by atoms with van der Waals surface area (Å²) >= 11 is 0. The van der Waals surface area contributed by atoms with Gasteiger partial charge in [-0.05, 0) is 48.4 Å². The van der Waals surface area contributed by atoms with Gasteiger partial charge in [0.2, 0.25) is 0 Å². The van der Waals surface area contributed by atoms with Gasteiger partial charge in [-0.3, -0.25) is 0 Å². The van der Waals surface area contributed by atoms with Crippen molar-refractivity contribution in [2.45, 2.75) is 32.1 Å². The Morgan fingerprint density at radius 3 is 2.64 bits per heavy atom. The molecule has 2 heteroatoms. The first-order valence-electron chi connectivity index (χ1n) is 5.19. The van der Waals surface area contributed by atoms with Gasteiger partial charge >= 0.3 is 0 Å². The third-order valence-electron chi connectivity index (χ3n) is 2.83. The molecule has 0 amide bonds. The SMILES string of the molecule is ON=Cc1ccc2c(c1)CCCCC2. The normalized spacial score (nSPS) is 16.6. The van der Waals surface area contributed by atoms with Gasteiger partial charge in [0.15, 0.2) is 0 Å². The van der Waals surface area contributed by atoms with Crippen molar-refractivity contribution in [1.29, 1.82) is 0 Å². The fourth-order valence-corrected chi connectivity index (χ4v) is 2.08. The van der Waals surface area contributed by atoms with Gasteiger partial charge in [0, 0.05) is 0 Å². The highest BCUT2D eigenvalue weighted by Crippen LogP contribution is 2.21. The molecule has 0 unspecified atom stereocenters. The van der Waals surface area contributed by atoms with Crippen molar-refractivity contribution in [1.82, 2.24) is 0 Å². The zero-order chi connectivity index (χ0) is 9.80. The van der Waals surface area contributed by atoms with Crippen LogP contribution in [-0.2, 0) is 12.8 Å². The van der Waals surface area contributed by atoms with Crippen LogP contribution in [0.25, 0.3) is 0 Å². The number of aryl methyl sites for hydroxylation is 2. The Bertz CT molecular complexity index is 344. The molecule has 0 saturated heterocycles. The molecule has 2 rings (SSSR count). The third-order valence-corrected chi connectivity index (χ3v) is 2.83. The molecule has 14 heavy (non-hydrogen) atoms. The van der Waals surface area contributed by atoms with E-state index in [2.05, 4.69) is 17.3 Å². The molecule has 1 aliphatic rings. The van der Waals surface area contributed by atoms with Crippen LogP contribution in [0.3, 0.4) is 0 Å². The summed E-state index contributed by atoms with van der Waals surface area (Å²) in [5, 5.41) is 11.5. The summed E-state index contributed by atoms with van der Waals surface area (Å²) in [5.74, 6) is 0. The van der Waals surface area contributed by atoms with E-state index in [4.69, 9.17) is 5.21 Å². The van der Waals surface area contributed by atoms with E-state index in [1.54, 1.807) is 0 Å². The number of oxime groups is 1. The topological polar surface area (TPSA) is 32.6 Å². The highest BCUT2D eigenvalue weighted by molar-refractivity contribution is 5.79. The van der Waals surface area contributed by atoms with Gasteiger partial charge in [-0.25, -0.2) is 0 Å². The molecular formula is C12H15NO. The first-order valence-corrected chi connectivity index (χ1v) is 5.19. The van der Waals surface area contributed by atoms with Gasteiger partial charge in [-0.15, -0.1) is 0 Å². The zero-order valence-corrected chi connectivity index (χ0v) is 8.24. The molecule has 0 saturated carbocycles. The maximum Gasteiger partial charge on any atom is 0.0733 e. The van der Waals surface area contributed by atoms with E-state index in [-0.39, 0.29) is 0 Å². The Kier molecular flexibility index (Phi) is 2.82. The van der Waals surface area contributed by atoms with Gasteiger partial charge in [0.1, 0.15) is 0 Å². The fraction of sp³-hybridized carbons (Fsp3) is 0.417. The lowest BCUT2D eigenvalue weighted by atomic mass is 10.0. The molecule has 1 aromatic rings. The van der Waals surface area contributed by atoms with E-state index in [9.17, 15) is 0 Å². The van der Waals surface area contributed by atoms with Crippen LogP contribution in [0.1, 0.15) is 36.0 Å². The molecule has 1 aliphatic carbocycles. The maximum atomic E-state index is 8.45. The standard InChI is InChI=1S/C12H15NO/c14-13-9-10-6-7-11-4-2-1-3-5-12(11)8-10/h6-9,14H,1-5H2. The van der Waals surface area contributed by atoms with E-state index in [0.29, 0.717) is 0 Å². The van der Waals surface area contributed by atoms with Crippen LogP contribution in [0.4, 0.5) is 0 Å². The second kappa shape index (κ2) is 4.27. The summed E-state index contributed by atoms with van der Waals surface area (Å²) in [6.45, 7) is 0. The number of fused-ring (bicyclic) bond motifs is 1. The molecular weight excluding hydrogens is 174 g/mol. The number of nitrogens with zero attached hydrogens (tertiary/aromatic N) is 1. The largest absolute Gasteiger partial charge is 0.411 e. The molecule has 1 N–H and O–H groups in total. The predicted molar refractivity (Wildman–Crippen MR) is 57.1 cm³/mol. The van der Waals surface area contributed by atoms with Crippen LogP contribution >= 0.6 is 0 Å². The molecule has 0 spiro atoms. The summed E-state index contributed by atoms with van der Waals surface area (Å²) in [7, 11) is 0. The number of hydrogen-bond donors (Lipinski definition) is 1. The van der Waals surface area contributed by atoms with Crippen molar-refractivity contribution in [3.63, 3.8) is 0 Å². The van der Waals surface area contributed by atoms with E-state index < -0.39 is 0 Å². The highest BCUT2D eigenvalue weighted by atomic mass is 16.4. The van der Waals surface area contributed by atoms with Crippen molar-refractivity contribution >= 4 is 6.21 Å². The van der Waals surface area contributed by atoms with Crippen molar-refractivity contribution in [2.24, 2.45) is 5.16 Å². The first kappa shape index (κ1) is 9.25. The molecule has 0 fully saturated rings. The lowest BCUT2D eigenvalue weighted by molar-refractivity contribution is 0.322. The van der Waals surface area contributed by atoms with Gasteiger partial charge in [0.25, 0.3) is 0 Å². The lowest BCUT2D eigenvalue weighted by Crippen LogP contribution is -1.93. The molecule has 0 aromatic heterocycles. The smallest absolute Gasteiger partial charge is 0.0733 e. The predicted octanol–water partition coefficient (Wildman–Crippen LogP) is 2.76. The Morgan fingerprint density at radius 2 is 1.86 bits per heavy atom. The quantitative estimate of drug-likeness (QED) is 0.313. The fourth-order valence-electron chi connectivity index (χ4n) is 2.08. The van der Waals surface area contributed by atoms with E-state index in [1.165, 1.54) is 49.4 Å². The average Bonchev–Trinajstić information content (AvgIpc) is 2.42. The Morgan fingerprint density at radius 1 is 1.07 bits per heavy atom. The molecule has 0 radical (unpaired) electrons. The zero-order valence-electron chi connectivity index (χ0n) is 8.24. The minimum Gasteiger partial charge on any atom is -0.411 e. The molecule has 0 atom stereocenters. The van der Waals surface area contributed by atoms with Gasteiger partial charge in [-0.1, -0.05) is 23.7 Å². The molecule has 2 nitrogen and oxygen atoms in total. The van der Waals surface area contributed by atoms with E-state index >= 15 is 0 Å². The Hall–Kier alpha value is -1.31. The third kappa shape index (κ3) is 1.95. The number of benzene rings is 1. The molecule has 0 bridgehead atoms. The van der Waals surface area contributed by atoms with Crippen LogP contribution in [0.15, 0.2) is 23.4 Å². The van der Waals surface area contributed by atoms with Crippen LogP contribution in [0, 0.1) is 0 Å². The van der Waals surface area contributed by atoms with Crippen molar-refractivity contribution < 1.29 is 5.21 Å². The highest BCUT2D eigenvalue weighted by Gasteiger charge is 2.07. The number of rotatable bonds is 1. The van der Waals surface area contributed by atoms with E-state index in [1.807, 2.05) is 6.07 Å². The summed E-state index contributed by atoms with van der Waals surface area (Å²) in [6, 6.07) is 6.32. The molecule has 74 valence electrons. The van der Waals surface area contributed by atoms with Gasteiger partial charge in [-0.2, -0.15) is 0 Å².